The molecule has 0 heterocycles. The maximum Gasteiger partial charge on any atom is 0.264 e. The second-order valence-corrected chi connectivity index (χ2v) is 9.73. The molecule has 6 nitrogen and oxygen atoms in total. The predicted molar refractivity (Wildman–Crippen MR) is 133 cm³/mol. The van der Waals surface area contributed by atoms with Crippen LogP contribution >= 0.6 is 11.6 Å². The van der Waals surface area contributed by atoms with Crippen molar-refractivity contribution in [1.29, 1.82) is 0 Å². The van der Waals surface area contributed by atoms with E-state index in [4.69, 9.17) is 16.3 Å². The molecule has 1 N–H and O–H groups in total. The molecule has 0 saturated heterocycles. The molecule has 0 aliphatic carbocycles. The van der Waals surface area contributed by atoms with E-state index in [0.29, 0.717) is 34.3 Å². The van der Waals surface area contributed by atoms with E-state index >= 15 is 0 Å². The lowest BCUT2D eigenvalue weighted by molar-refractivity contribution is -0.114. The number of ether oxygens (including phenoxy) is 1. The fraction of sp³-hybridized carbons (Fsp3) is 0.160. The van der Waals surface area contributed by atoms with Gasteiger partial charge in [0.25, 0.3) is 10.0 Å². The Morgan fingerprint density at radius 1 is 1.06 bits per heavy atom. The summed E-state index contributed by atoms with van der Waals surface area (Å²) >= 11 is 6.16. The molecule has 0 radical (unpaired) electrons. The summed E-state index contributed by atoms with van der Waals surface area (Å²) in [4.78, 5) is 13.0. The highest BCUT2D eigenvalue weighted by Crippen LogP contribution is 2.29. The number of amides is 1. The van der Waals surface area contributed by atoms with Gasteiger partial charge in [-0.3, -0.25) is 9.10 Å². The molecule has 33 heavy (non-hydrogen) atoms. The minimum Gasteiger partial charge on any atom is -0.490 e. The maximum absolute atomic E-state index is 13.5. The molecule has 0 atom stereocenters. The summed E-state index contributed by atoms with van der Waals surface area (Å²) in [6.07, 6.45) is 1.64. The van der Waals surface area contributed by atoms with Crippen molar-refractivity contribution in [3.63, 3.8) is 0 Å². The fourth-order valence-corrected chi connectivity index (χ4v) is 4.75. The summed E-state index contributed by atoms with van der Waals surface area (Å²) in [5.41, 5.74) is 2.46. The van der Waals surface area contributed by atoms with Crippen LogP contribution in [-0.2, 0) is 14.8 Å². The number of halogens is 1. The Kier molecular flexibility index (Phi) is 7.79. The van der Waals surface area contributed by atoms with Gasteiger partial charge in [-0.05, 0) is 67.9 Å². The minimum atomic E-state index is -4.03. The zero-order valence-corrected chi connectivity index (χ0v) is 20.0. The van der Waals surface area contributed by atoms with E-state index in [-0.39, 0.29) is 4.90 Å². The summed E-state index contributed by atoms with van der Waals surface area (Å²) in [6.45, 7) is 7.18. The number of hydrogen-bond donors (Lipinski definition) is 1. The quantitative estimate of drug-likeness (QED) is 0.415. The molecule has 3 rings (SSSR count). The van der Waals surface area contributed by atoms with Crippen LogP contribution in [0.4, 0.5) is 11.4 Å². The molecule has 0 aliphatic heterocycles. The predicted octanol–water partition coefficient (Wildman–Crippen LogP) is 5.36. The van der Waals surface area contributed by atoms with Gasteiger partial charge < -0.3 is 10.1 Å². The van der Waals surface area contributed by atoms with E-state index in [9.17, 15) is 13.2 Å². The van der Waals surface area contributed by atoms with E-state index in [1.807, 2.05) is 6.92 Å². The van der Waals surface area contributed by atoms with Crippen molar-refractivity contribution < 1.29 is 17.9 Å². The SMILES string of the molecule is C=CCOc1ccc(NC(=O)CN(c2cc(Cl)ccc2C)S(=O)(=O)c2ccc(C)cc2)cc1. The number of rotatable bonds is 9. The standard InChI is InChI=1S/C25H25ClN2O4S/c1-4-15-32-22-11-9-21(10-12-22)27-25(29)17-28(24-16-20(26)8-7-19(24)3)33(30,31)23-13-5-18(2)6-14-23/h4-14,16H,1,15,17H2,2-3H3,(H,27,29). The summed E-state index contributed by atoms with van der Waals surface area (Å²) < 4.78 is 33.5. The van der Waals surface area contributed by atoms with Gasteiger partial charge in [-0.15, -0.1) is 0 Å². The lowest BCUT2D eigenvalue weighted by atomic mass is 10.2. The summed E-state index contributed by atoms with van der Waals surface area (Å²) in [7, 11) is -4.03. The zero-order chi connectivity index (χ0) is 24.0. The van der Waals surface area contributed by atoms with Crippen LogP contribution in [0, 0.1) is 13.8 Å². The van der Waals surface area contributed by atoms with E-state index in [1.54, 1.807) is 67.6 Å². The average Bonchev–Trinajstić information content (AvgIpc) is 2.79. The number of benzene rings is 3. The molecule has 0 spiro atoms. The Hall–Kier alpha value is -3.29. The van der Waals surface area contributed by atoms with Gasteiger partial charge in [-0.2, -0.15) is 0 Å². The van der Waals surface area contributed by atoms with Crippen molar-refractivity contribution in [3.05, 3.63) is 95.5 Å². The third-order valence-electron chi connectivity index (χ3n) is 4.84. The van der Waals surface area contributed by atoms with Gasteiger partial charge >= 0.3 is 0 Å². The first kappa shape index (κ1) is 24.4. The lowest BCUT2D eigenvalue weighted by Crippen LogP contribution is -2.38. The number of aryl methyl sites for hydroxylation is 2. The molecular formula is C25H25ClN2O4S. The summed E-state index contributed by atoms with van der Waals surface area (Å²) in [5.74, 6) is 0.135. The van der Waals surface area contributed by atoms with Crippen LogP contribution < -0.4 is 14.4 Å². The Morgan fingerprint density at radius 3 is 2.36 bits per heavy atom. The molecule has 3 aromatic carbocycles. The Labute approximate surface area is 199 Å². The number of anilines is 2. The second-order valence-electron chi connectivity index (χ2n) is 7.43. The fourth-order valence-electron chi connectivity index (χ4n) is 3.11. The number of carbonyl (C=O) groups excluding carboxylic acids is 1. The number of nitrogens with zero attached hydrogens (tertiary/aromatic N) is 1. The number of carbonyl (C=O) groups is 1. The molecule has 172 valence electrons. The van der Waals surface area contributed by atoms with Gasteiger partial charge in [0.1, 0.15) is 18.9 Å². The summed E-state index contributed by atoms with van der Waals surface area (Å²) in [5, 5.41) is 3.11. The Balaban J connectivity index is 1.89. The van der Waals surface area contributed by atoms with Crippen LogP contribution in [0.5, 0.6) is 5.75 Å². The monoisotopic (exact) mass is 484 g/mol. The van der Waals surface area contributed by atoms with Gasteiger partial charge in [-0.25, -0.2) is 8.42 Å². The first-order valence-corrected chi connectivity index (χ1v) is 12.0. The number of sulfonamides is 1. The second kappa shape index (κ2) is 10.6. The van der Waals surface area contributed by atoms with Gasteiger partial charge in [0.2, 0.25) is 5.91 Å². The van der Waals surface area contributed by atoms with Crippen LogP contribution in [0.1, 0.15) is 11.1 Å². The normalized spacial score (nSPS) is 11.0. The Bertz CT molecular complexity index is 1240. The highest BCUT2D eigenvalue weighted by atomic mass is 35.5. The highest BCUT2D eigenvalue weighted by molar-refractivity contribution is 7.92. The average molecular weight is 485 g/mol. The van der Waals surface area contributed by atoms with Gasteiger partial charge in [0, 0.05) is 10.7 Å². The first-order chi connectivity index (χ1) is 15.7. The van der Waals surface area contributed by atoms with Crippen LogP contribution in [0.2, 0.25) is 5.02 Å². The van der Waals surface area contributed by atoms with E-state index < -0.39 is 22.5 Å². The van der Waals surface area contributed by atoms with Crippen molar-refractivity contribution >= 4 is 38.9 Å². The molecule has 0 aliphatic rings. The number of hydrogen-bond acceptors (Lipinski definition) is 4. The van der Waals surface area contributed by atoms with Crippen molar-refractivity contribution in [3.8, 4) is 5.75 Å². The van der Waals surface area contributed by atoms with Crippen LogP contribution in [0.25, 0.3) is 0 Å². The molecule has 3 aromatic rings. The van der Waals surface area contributed by atoms with Crippen LogP contribution in [0.3, 0.4) is 0 Å². The molecule has 0 unspecified atom stereocenters. The Morgan fingerprint density at radius 2 is 1.73 bits per heavy atom. The molecule has 0 aromatic heterocycles. The molecule has 8 heteroatoms. The topological polar surface area (TPSA) is 75.7 Å². The molecule has 0 fully saturated rings. The lowest BCUT2D eigenvalue weighted by Gasteiger charge is -2.26. The molecule has 1 amide bonds. The zero-order valence-electron chi connectivity index (χ0n) is 18.4. The van der Waals surface area contributed by atoms with E-state index in [1.165, 1.54) is 12.1 Å². The van der Waals surface area contributed by atoms with E-state index in [0.717, 1.165) is 9.87 Å². The van der Waals surface area contributed by atoms with Gasteiger partial charge in [-0.1, -0.05) is 48.0 Å². The van der Waals surface area contributed by atoms with E-state index in [2.05, 4.69) is 11.9 Å². The van der Waals surface area contributed by atoms with Crippen molar-refractivity contribution in [2.75, 3.05) is 22.8 Å². The largest absolute Gasteiger partial charge is 0.490 e. The third-order valence-corrected chi connectivity index (χ3v) is 6.85. The van der Waals surface area contributed by atoms with Gasteiger partial charge in [0.05, 0.1) is 10.6 Å². The molecule has 0 saturated carbocycles. The maximum atomic E-state index is 13.5. The smallest absolute Gasteiger partial charge is 0.264 e. The third kappa shape index (κ3) is 6.15. The molecule has 0 bridgehead atoms. The van der Waals surface area contributed by atoms with Crippen molar-refractivity contribution in [2.24, 2.45) is 0 Å². The number of nitrogens with one attached hydrogen (secondary N) is 1. The van der Waals surface area contributed by atoms with Crippen LogP contribution in [0.15, 0.2) is 84.3 Å². The minimum absolute atomic E-state index is 0.0870. The van der Waals surface area contributed by atoms with Crippen LogP contribution in [-0.4, -0.2) is 27.5 Å². The summed E-state index contributed by atoms with van der Waals surface area (Å²) in [6, 6.07) is 18.2. The first-order valence-electron chi connectivity index (χ1n) is 10.2. The van der Waals surface area contributed by atoms with Crippen molar-refractivity contribution in [2.45, 2.75) is 18.7 Å². The molecular weight excluding hydrogens is 460 g/mol. The highest BCUT2D eigenvalue weighted by Gasteiger charge is 2.28. The van der Waals surface area contributed by atoms with Crippen molar-refractivity contribution in [1.82, 2.24) is 0 Å². The van der Waals surface area contributed by atoms with Gasteiger partial charge in [0.15, 0.2) is 0 Å².